The SMILES string of the molecule is CCNC(=O)N1CCN(c2ccc(CN)cn2)CC1. The lowest BCUT2D eigenvalue weighted by atomic mass is 10.2. The van der Waals surface area contributed by atoms with Gasteiger partial charge in [0.15, 0.2) is 0 Å². The number of amides is 2. The standard InChI is InChI=1S/C13H21N5O/c1-2-15-13(19)18-7-5-17(6-8-18)12-4-3-11(9-14)10-16-12/h3-4,10H,2,5-9,14H2,1H3,(H,15,19). The molecule has 0 bridgehead atoms. The highest BCUT2D eigenvalue weighted by molar-refractivity contribution is 5.74. The fraction of sp³-hybridized carbons (Fsp3) is 0.538. The highest BCUT2D eigenvalue weighted by atomic mass is 16.2. The molecular weight excluding hydrogens is 242 g/mol. The van der Waals surface area contributed by atoms with Gasteiger partial charge in [-0.25, -0.2) is 9.78 Å². The molecule has 1 fully saturated rings. The highest BCUT2D eigenvalue weighted by Crippen LogP contribution is 2.13. The Kier molecular flexibility index (Phi) is 4.57. The molecule has 0 radical (unpaired) electrons. The predicted molar refractivity (Wildman–Crippen MR) is 75.0 cm³/mol. The Balaban J connectivity index is 1.90. The number of urea groups is 1. The molecular formula is C13H21N5O. The van der Waals surface area contributed by atoms with E-state index in [1.165, 1.54) is 0 Å². The molecule has 1 aromatic rings. The molecule has 2 heterocycles. The summed E-state index contributed by atoms with van der Waals surface area (Å²) >= 11 is 0. The van der Waals surface area contributed by atoms with E-state index >= 15 is 0 Å². The van der Waals surface area contributed by atoms with Gasteiger partial charge in [0.05, 0.1) is 0 Å². The number of pyridine rings is 1. The first-order valence-corrected chi connectivity index (χ1v) is 6.67. The van der Waals surface area contributed by atoms with Crippen LogP contribution in [0.3, 0.4) is 0 Å². The van der Waals surface area contributed by atoms with E-state index < -0.39 is 0 Å². The first-order valence-electron chi connectivity index (χ1n) is 6.67. The van der Waals surface area contributed by atoms with Gasteiger partial charge in [0.25, 0.3) is 0 Å². The van der Waals surface area contributed by atoms with E-state index in [-0.39, 0.29) is 6.03 Å². The van der Waals surface area contributed by atoms with Crippen molar-refractivity contribution >= 4 is 11.8 Å². The van der Waals surface area contributed by atoms with Gasteiger partial charge in [0, 0.05) is 45.5 Å². The van der Waals surface area contributed by atoms with Crippen molar-refractivity contribution < 1.29 is 4.79 Å². The first kappa shape index (κ1) is 13.6. The van der Waals surface area contributed by atoms with Crippen LogP contribution in [0.25, 0.3) is 0 Å². The maximum absolute atomic E-state index is 11.7. The topological polar surface area (TPSA) is 74.5 Å². The molecule has 6 heteroatoms. The van der Waals surface area contributed by atoms with Gasteiger partial charge in [-0.2, -0.15) is 0 Å². The molecule has 104 valence electrons. The Hall–Kier alpha value is -1.82. The molecule has 0 aliphatic carbocycles. The summed E-state index contributed by atoms with van der Waals surface area (Å²) in [7, 11) is 0. The van der Waals surface area contributed by atoms with Crippen molar-refractivity contribution in [3.8, 4) is 0 Å². The van der Waals surface area contributed by atoms with Crippen molar-refractivity contribution in [1.82, 2.24) is 15.2 Å². The van der Waals surface area contributed by atoms with Crippen LogP contribution in [-0.2, 0) is 6.54 Å². The van der Waals surface area contributed by atoms with E-state index in [9.17, 15) is 4.79 Å². The zero-order valence-electron chi connectivity index (χ0n) is 11.3. The first-order chi connectivity index (χ1) is 9.24. The Morgan fingerprint density at radius 2 is 2.11 bits per heavy atom. The summed E-state index contributed by atoms with van der Waals surface area (Å²) in [4.78, 5) is 20.1. The Bertz CT molecular complexity index is 412. The smallest absolute Gasteiger partial charge is 0.317 e. The summed E-state index contributed by atoms with van der Waals surface area (Å²) in [5, 5.41) is 2.82. The normalized spacial score (nSPS) is 15.5. The fourth-order valence-electron chi connectivity index (χ4n) is 2.13. The van der Waals surface area contributed by atoms with E-state index in [2.05, 4.69) is 15.2 Å². The monoisotopic (exact) mass is 263 g/mol. The number of nitrogens with one attached hydrogen (secondary N) is 1. The maximum Gasteiger partial charge on any atom is 0.317 e. The van der Waals surface area contributed by atoms with E-state index in [0.29, 0.717) is 13.1 Å². The summed E-state index contributed by atoms with van der Waals surface area (Å²) < 4.78 is 0. The van der Waals surface area contributed by atoms with Crippen LogP contribution in [0.1, 0.15) is 12.5 Å². The largest absolute Gasteiger partial charge is 0.353 e. The maximum atomic E-state index is 11.7. The van der Waals surface area contributed by atoms with Crippen LogP contribution in [0.15, 0.2) is 18.3 Å². The zero-order valence-corrected chi connectivity index (χ0v) is 11.3. The molecule has 0 aromatic carbocycles. The van der Waals surface area contributed by atoms with Gasteiger partial charge in [-0.15, -0.1) is 0 Å². The number of anilines is 1. The molecule has 19 heavy (non-hydrogen) atoms. The molecule has 0 saturated carbocycles. The molecule has 1 aromatic heterocycles. The highest BCUT2D eigenvalue weighted by Gasteiger charge is 2.21. The van der Waals surface area contributed by atoms with E-state index in [4.69, 9.17) is 5.73 Å². The van der Waals surface area contributed by atoms with Gasteiger partial charge >= 0.3 is 6.03 Å². The van der Waals surface area contributed by atoms with Crippen molar-refractivity contribution in [2.75, 3.05) is 37.6 Å². The molecule has 2 amide bonds. The lowest BCUT2D eigenvalue weighted by molar-refractivity contribution is 0.195. The van der Waals surface area contributed by atoms with Crippen LogP contribution in [0.2, 0.25) is 0 Å². The second kappa shape index (κ2) is 6.38. The van der Waals surface area contributed by atoms with Gasteiger partial charge in [-0.05, 0) is 18.6 Å². The third-order valence-corrected chi connectivity index (χ3v) is 3.26. The summed E-state index contributed by atoms with van der Waals surface area (Å²) in [5.41, 5.74) is 6.59. The van der Waals surface area contributed by atoms with Gasteiger partial charge in [0.1, 0.15) is 5.82 Å². The van der Waals surface area contributed by atoms with Crippen LogP contribution in [0.4, 0.5) is 10.6 Å². The number of piperazine rings is 1. The van der Waals surface area contributed by atoms with Gasteiger partial charge in [-0.1, -0.05) is 6.07 Å². The molecule has 1 aliphatic rings. The van der Waals surface area contributed by atoms with Gasteiger partial charge in [0.2, 0.25) is 0 Å². The molecule has 0 spiro atoms. The van der Waals surface area contributed by atoms with Crippen LogP contribution >= 0.6 is 0 Å². The number of nitrogens with two attached hydrogens (primary N) is 1. The minimum atomic E-state index is 0.0218. The second-order valence-corrected chi connectivity index (χ2v) is 4.54. The number of aromatic nitrogens is 1. The van der Waals surface area contributed by atoms with E-state index in [0.717, 1.165) is 37.6 Å². The third-order valence-electron chi connectivity index (χ3n) is 3.26. The molecule has 2 rings (SSSR count). The number of nitrogens with zero attached hydrogens (tertiary/aromatic N) is 3. The van der Waals surface area contributed by atoms with Crippen molar-refractivity contribution in [1.29, 1.82) is 0 Å². The molecule has 3 N–H and O–H groups in total. The minimum Gasteiger partial charge on any atom is -0.353 e. The Labute approximate surface area is 113 Å². The summed E-state index contributed by atoms with van der Waals surface area (Å²) in [6, 6.07) is 4.01. The second-order valence-electron chi connectivity index (χ2n) is 4.54. The minimum absolute atomic E-state index is 0.0218. The van der Waals surface area contributed by atoms with Gasteiger partial charge < -0.3 is 20.9 Å². The van der Waals surface area contributed by atoms with Crippen LogP contribution in [0, 0.1) is 0 Å². The van der Waals surface area contributed by atoms with Crippen molar-refractivity contribution in [3.63, 3.8) is 0 Å². The number of carbonyl (C=O) groups excluding carboxylic acids is 1. The Morgan fingerprint density at radius 1 is 1.37 bits per heavy atom. The number of carbonyl (C=O) groups is 1. The molecule has 6 nitrogen and oxygen atoms in total. The average Bonchev–Trinajstić information content (AvgIpc) is 2.48. The molecule has 1 aliphatic heterocycles. The molecule has 1 saturated heterocycles. The van der Waals surface area contributed by atoms with Crippen LogP contribution < -0.4 is 16.0 Å². The number of hydrogen-bond acceptors (Lipinski definition) is 4. The summed E-state index contributed by atoms with van der Waals surface area (Å²) in [6.45, 7) is 6.19. The predicted octanol–water partition coefficient (Wildman–Crippen LogP) is 0.392. The van der Waals surface area contributed by atoms with E-state index in [1.807, 2.05) is 30.2 Å². The van der Waals surface area contributed by atoms with Crippen LogP contribution in [-0.4, -0.2) is 48.6 Å². The van der Waals surface area contributed by atoms with Crippen LogP contribution in [0.5, 0.6) is 0 Å². The van der Waals surface area contributed by atoms with E-state index in [1.54, 1.807) is 0 Å². The summed E-state index contributed by atoms with van der Waals surface area (Å²) in [6.07, 6.45) is 1.81. The lowest BCUT2D eigenvalue weighted by Crippen LogP contribution is -2.52. The third kappa shape index (κ3) is 3.35. The quantitative estimate of drug-likeness (QED) is 0.827. The zero-order chi connectivity index (χ0) is 13.7. The van der Waals surface area contributed by atoms with Crippen molar-refractivity contribution in [2.24, 2.45) is 5.73 Å². The number of rotatable bonds is 3. The average molecular weight is 263 g/mol. The van der Waals surface area contributed by atoms with Crippen molar-refractivity contribution in [2.45, 2.75) is 13.5 Å². The summed E-state index contributed by atoms with van der Waals surface area (Å²) in [5.74, 6) is 0.952. The van der Waals surface area contributed by atoms with Crippen molar-refractivity contribution in [3.05, 3.63) is 23.9 Å². The Morgan fingerprint density at radius 3 is 2.63 bits per heavy atom. The molecule has 0 unspecified atom stereocenters. The molecule has 0 atom stereocenters. The fourth-order valence-corrected chi connectivity index (χ4v) is 2.13. The van der Waals surface area contributed by atoms with Gasteiger partial charge in [-0.3, -0.25) is 0 Å². The number of hydrogen-bond donors (Lipinski definition) is 2. The lowest BCUT2D eigenvalue weighted by Gasteiger charge is -2.35.